The van der Waals surface area contributed by atoms with Crippen LogP contribution in [0.1, 0.15) is 50.6 Å². The van der Waals surface area contributed by atoms with E-state index in [1.54, 1.807) is 6.07 Å². The molecule has 1 aliphatic heterocycles. The number of thiophene rings is 1. The highest BCUT2D eigenvalue weighted by molar-refractivity contribution is 7.17. The molecule has 0 bridgehead atoms. The van der Waals surface area contributed by atoms with Crippen molar-refractivity contribution in [1.29, 1.82) is 0 Å². The van der Waals surface area contributed by atoms with Gasteiger partial charge in [0.1, 0.15) is 5.00 Å². The van der Waals surface area contributed by atoms with Crippen molar-refractivity contribution in [2.75, 3.05) is 18.4 Å². The predicted octanol–water partition coefficient (Wildman–Crippen LogP) is 4.02. The van der Waals surface area contributed by atoms with Gasteiger partial charge in [0.15, 0.2) is 0 Å². The molecule has 6 heteroatoms. The number of carboxylic acids is 1. The first-order chi connectivity index (χ1) is 12.4. The topological polar surface area (TPSA) is 69.6 Å². The molecule has 1 aliphatic rings. The van der Waals surface area contributed by atoms with E-state index in [-0.39, 0.29) is 11.5 Å². The van der Waals surface area contributed by atoms with Crippen molar-refractivity contribution >= 4 is 28.2 Å². The maximum Gasteiger partial charge on any atom is 0.339 e. The molecule has 0 saturated heterocycles. The molecule has 0 aliphatic carbocycles. The van der Waals surface area contributed by atoms with E-state index in [0.717, 1.165) is 35.6 Å². The SMILES string of the molecule is Cc1ccccc1C(=O)Nc1sc2c(c1C(=O)O)CCN(CC(C)C)C2. The smallest absolute Gasteiger partial charge is 0.339 e. The normalized spacial score (nSPS) is 14.3. The zero-order valence-corrected chi connectivity index (χ0v) is 16.2. The van der Waals surface area contributed by atoms with E-state index in [1.165, 1.54) is 11.3 Å². The van der Waals surface area contributed by atoms with Crippen molar-refractivity contribution in [3.8, 4) is 0 Å². The zero-order chi connectivity index (χ0) is 18.8. The molecule has 1 amide bonds. The third-order valence-corrected chi connectivity index (χ3v) is 5.72. The molecule has 0 fully saturated rings. The number of anilines is 1. The lowest BCUT2D eigenvalue weighted by molar-refractivity contribution is 0.0696. The van der Waals surface area contributed by atoms with Gasteiger partial charge in [-0.05, 0) is 36.5 Å². The van der Waals surface area contributed by atoms with Crippen LogP contribution < -0.4 is 5.32 Å². The quantitative estimate of drug-likeness (QED) is 0.832. The van der Waals surface area contributed by atoms with Crippen LogP contribution in [0.5, 0.6) is 0 Å². The van der Waals surface area contributed by atoms with Gasteiger partial charge in [-0.3, -0.25) is 9.69 Å². The molecule has 5 nitrogen and oxygen atoms in total. The highest BCUT2D eigenvalue weighted by Gasteiger charge is 2.29. The standard InChI is InChI=1S/C20H24N2O3S/c1-12(2)10-22-9-8-15-16(11-22)26-19(17(15)20(24)25)21-18(23)14-7-5-4-6-13(14)3/h4-7,12H,8-11H2,1-3H3,(H,21,23)(H,24,25). The minimum Gasteiger partial charge on any atom is -0.478 e. The van der Waals surface area contributed by atoms with Crippen LogP contribution in [0.15, 0.2) is 24.3 Å². The van der Waals surface area contributed by atoms with Crippen molar-refractivity contribution in [2.24, 2.45) is 5.92 Å². The van der Waals surface area contributed by atoms with Gasteiger partial charge in [0.2, 0.25) is 0 Å². The molecular weight excluding hydrogens is 348 g/mol. The minimum absolute atomic E-state index is 0.260. The Bertz CT molecular complexity index is 842. The zero-order valence-electron chi connectivity index (χ0n) is 15.3. The molecule has 2 N–H and O–H groups in total. The summed E-state index contributed by atoms with van der Waals surface area (Å²) in [5, 5.41) is 13.0. The lowest BCUT2D eigenvalue weighted by Crippen LogP contribution is -2.33. The molecule has 0 unspecified atom stereocenters. The minimum atomic E-state index is -0.972. The summed E-state index contributed by atoms with van der Waals surface area (Å²) in [6.45, 7) is 8.83. The average Bonchev–Trinajstić information content (AvgIpc) is 2.91. The molecule has 26 heavy (non-hydrogen) atoms. The molecule has 2 heterocycles. The second-order valence-electron chi connectivity index (χ2n) is 7.16. The number of nitrogens with one attached hydrogen (secondary N) is 1. The molecule has 1 aromatic heterocycles. The molecule has 0 saturated carbocycles. The number of nitrogens with zero attached hydrogens (tertiary/aromatic N) is 1. The van der Waals surface area contributed by atoms with E-state index in [0.29, 0.717) is 22.9 Å². The number of benzene rings is 1. The van der Waals surface area contributed by atoms with Crippen LogP contribution in [0.2, 0.25) is 0 Å². The van der Waals surface area contributed by atoms with Crippen LogP contribution in [0.25, 0.3) is 0 Å². The molecule has 0 spiro atoms. The third kappa shape index (κ3) is 3.81. The van der Waals surface area contributed by atoms with Crippen molar-refractivity contribution in [1.82, 2.24) is 4.90 Å². The van der Waals surface area contributed by atoms with Crippen LogP contribution in [-0.4, -0.2) is 35.0 Å². The Morgan fingerprint density at radius 2 is 2.04 bits per heavy atom. The van der Waals surface area contributed by atoms with Gasteiger partial charge >= 0.3 is 5.97 Å². The fourth-order valence-electron chi connectivity index (χ4n) is 3.44. The van der Waals surface area contributed by atoms with Gasteiger partial charge in [-0.2, -0.15) is 0 Å². The summed E-state index contributed by atoms with van der Waals surface area (Å²) in [6, 6.07) is 7.31. The molecule has 3 rings (SSSR count). The summed E-state index contributed by atoms with van der Waals surface area (Å²) < 4.78 is 0. The average molecular weight is 372 g/mol. The van der Waals surface area contributed by atoms with Crippen LogP contribution in [0.3, 0.4) is 0 Å². The van der Waals surface area contributed by atoms with Crippen molar-refractivity contribution in [2.45, 2.75) is 33.7 Å². The largest absolute Gasteiger partial charge is 0.478 e. The first-order valence-electron chi connectivity index (χ1n) is 8.84. The Labute approximate surface area is 157 Å². The summed E-state index contributed by atoms with van der Waals surface area (Å²) in [5.74, 6) is -0.668. The van der Waals surface area contributed by atoms with E-state index in [1.807, 2.05) is 25.1 Å². The highest BCUT2D eigenvalue weighted by Crippen LogP contribution is 2.37. The van der Waals surface area contributed by atoms with E-state index in [2.05, 4.69) is 24.1 Å². The van der Waals surface area contributed by atoms with Gasteiger partial charge in [0.25, 0.3) is 5.91 Å². The fourth-order valence-corrected chi connectivity index (χ4v) is 4.72. The summed E-state index contributed by atoms with van der Waals surface area (Å²) in [4.78, 5) is 27.9. The maximum atomic E-state index is 12.6. The first kappa shape index (κ1) is 18.6. The number of carboxylic acid groups (broad SMARTS) is 1. The summed E-state index contributed by atoms with van der Waals surface area (Å²) in [6.07, 6.45) is 0.709. The van der Waals surface area contributed by atoms with Crippen molar-refractivity contribution in [3.05, 3.63) is 51.4 Å². The second kappa shape index (κ2) is 7.60. The first-order valence-corrected chi connectivity index (χ1v) is 9.65. The van der Waals surface area contributed by atoms with Gasteiger partial charge < -0.3 is 10.4 Å². The number of hydrogen-bond donors (Lipinski definition) is 2. The predicted molar refractivity (Wildman–Crippen MR) is 104 cm³/mol. The van der Waals surface area contributed by atoms with E-state index in [9.17, 15) is 14.7 Å². The number of rotatable bonds is 5. The molecule has 1 aromatic carbocycles. The van der Waals surface area contributed by atoms with E-state index < -0.39 is 5.97 Å². The Morgan fingerprint density at radius 3 is 2.69 bits per heavy atom. The monoisotopic (exact) mass is 372 g/mol. The second-order valence-corrected chi connectivity index (χ2v) is 8.27. The molecular formula is C20H24N2O3S. The van der Waals surface area contributed by atoms with Gasteiger partial charge in [-0.1, -0.05) is 32.0 Å². The van der Waals surface area contributed by atoms with Crippen LogP contribution in [-0.2, 0) is 13.0 Å². The van der Waals surface area contributed by atoms with Gasteiger partial charge in [-0.15, -0.1) is 11.3 Å². The number of aromatic carboxylic acids is 1. The summed E-state index contributed by atoms with van der Waals surface area (Å²) >= 11 is 1.40. The Morgan fingerprint density at radius 1 is 1.31 bits per heavy atom. The number of carbonyl (C=O) groups excluding carboxylic acids is 1. The number of aryl methyl sites for hydroxylation is 1. The van der Waals surface area contributed by atoms with Crippen molar-refractivity contribution in [3.63, 3.8) is 0 Å². The Kier molecular flexibility index (Phi) is 5.44. The Balaban J connectivity index is 1.89. The number of hydrogen-bond acceptors (Lipinski definition) is 4. The number of carbonyl (C=O) groups is 2. The molecule has 138 valence electrons. The summed E-state index contributed by atoms with van der Waals surface area (Å²) in [5.41, 5.74) is 2.57. The van der Waals surface area contributed by atoms with Crippen LogP contribution >= 0.6 is 11.3 Å². The Hall–Kier alpha value is -2.18. The van der Waals surface area contributed by atoms with E-state index >= 15 is 0 Å². The third-order valence-electron chi connectivity index (χ3n) is 4.59. The van der Waals surface area contributed by atoms with Gasteiger partial charge in [0, 0.05) is 30.1 Å². The summed E-state index contributed by atoms with van der Waals surface area (Å²) in [7, 11) is 0. The highest BCUT2D eigenvalue weighted by atomic mass is 32.1. The van der Waals surface area contributed by atoms with Crippen molar-refractivity contribution < 1.29 is 14.7 Å². The fraction of sp³-hybridized carbons (Fsp3) is 0.400. The lowest BCUT2D eigenvalue weighted by Gasteiger charge is -2.28. The number of fused-ring (bicyclic) bond motifs is 1. The van der Waals surface area contributed by atoms with Crippen LogP contribution in [0, 0.1) is 12.8 Å². The maximum absolute atomic E-state index is 12.6. The van der Waals surface area contributed by atoms with Gasteiger partial charge in [0.05, 0.1) is 5.56 Å². The molecule has 2 aromatic rings. The molecule has 0 radical (unpaired) electrons. The van der Waals surface area contributed by atoms with Crippen LogP contribution in [0.4, 0.5) is 5.00 Å². The van der Waals surface area contributed by atoms with E-state index in [4.69, 9.17) is 0 Å². The molecule has 0 atom stereocenters. The number of amides is 1. The lowest BCUT2D eigenvalue weighted by atomic mass is 10.0. The van der Waals surface area contributed by atoms with Gasteiger partial charge in [-0.25, -0.2) is 4.79 Å².